The molecule has 0 aromatic rings. The van der Waals surface area contributed by atoms with Crippen LogP contribution < -0.4 is 5.32 Å². The maximum absolute atomic E-state index is 12.1. The van der Waals surface area contributed by atoms with Crippen LogP contribution in [-0.2, 0) is 4.79 Å². The molecule has 1 saturated carbocycles. The van der Waals surface area contributed by atoms with Gasteiger partial charge in [-0.3, -0.25) is 4.79 Å². The van der Waals surface area contributed by atoms with Crippen molar-refractivity contribution in [1.29, 1.82) is 0 Å². The van der Waals surface area contributed by atoms with Crippen molar-refractivity contribution in [1.82, 2.24) is 10.2 Å². The Hall–Kier alpha value is -1.47. The van der Waals surface area contributed by atoms with Gasteiger partial charge in [-0.05, 0) is 12.8 Å². The number of carboxylic acids is 1. The summed E-state index contributed by atoms with van der Waals surface area (Å²) in [5.41, 5.74) is -0.840. The second-order valence-electron chi connectivity index (χ2n) is 5.63. The van der Waals surface area contributed by atoms with E-state index in [-0.39, 0.29) is 6.42 Å². The Morgan fingerprint density at radius 1 is 1.24 bits per heavy atom. The van der Waals surface area contributed by atoms with Crippen molar-refractivity contribution in [2.45, 2.75) is 56.7 Å². The summed E-state index contributed by atoms with van der Waals surface area (Å²) in [5, 5.41) is 11.6. The fourth-order valence-corrected chi connectivity index (χ4v) is 2.58. The number of halogens is 3. The molecule has 2 N–H and O–H groups in total. The zero-order valence-electron chi connectivity index (χ0n) is 12.0. The number of hydrogen-bond acceptors (Lipinski definition) is 2. The van der Waals surface area contributed by atoms with Crippen LogP contribution >= 0.6 is 0 Å². The molecule has 0 spiro atoms. The van der Waals surface area contributed by atoms with Crippen LogP contribution in [0, 0.1) is 0 Å². The van der Waals surface area contributed by atoms with E-state index in [4.69, 9.17) is 5.11 Å². The number of amides is 2. The number of urea groups is 1. The van der Waals surface area contributed by atoms with Gasteiger partial charge in [0.25, 0.3) is 0 Å². The predicted molar refractivity (Wildman–Crippen MR) is 69.9 cm³/mol. The van der Waals surface area contributed by atoms with Crippen molar-refractivity contribution in [3.05, 3.63) is 0 Å². The molecule has 0 atom stereocenters. The van der Waals surface area contributed by atoms with Gasteiger partial charge in [0.1, 0.15) is 0 Å². The minimum Gasteiger partial charge on any atom is -0.481 e. The molecule has 21 heavy (non-hydrogen) atoms. The average Bonchev–Trinajstić information content (AvgIpc) is 2.34. The van der Waals surface area contributed by atoms with Gasteiger partial charge in [0.15, 0.2) is 0 Å². The molecule has 1 rings (SSSR count). The molecule has 1 aliphatic rings. The van der Waals surface area contributed by atoms with E-state index in [0.717, 1.165) is 24.2 Å². The predicted octanol–water partition coefficient (Wildman–Crippen LogP) is 2.76. The standard InChI is InChI=1S/C13H21F3N2O3/c1-18(8-7-13(14,15)16)11(21)17-12(9-10(19)20)5-3-2-4-6-12/h2-9H2,1H3,(H,17,21)(H,19,20). The van der Waals surface area contributed by atoms with Crippen LogP contribution in [0.1, 0.15) is 44.9 Å². The zero-order valence-corrected chi connectivity index (χ0v) is 12.0. The largest absolute Gasteiger partial charge is 0.481 e. The number of carboxylic acid groups (broad SMARTS) is 1. The molecule has 0 aliphatic heterocycles. The molecule has 0 unspecified atom stereocenters. The monoisotopic (exact) mass is 310 g/mol. The number of carbonyl (C=O) groups is 2. The SMILES string of the molecule is CN(CCC(F)(F)F)C(=O)NC1(CC(=O)O)CCCCC1. The van der Waals surface area contributed by atoms with Crippen LogP contribution in [0.3, 0.4) is 0 Å². The topological polar surface area (TPSA) is 69.6 Å². The summed E-state index contributed by atoms with van der Waals surface area (Å²) in [7, 11) is 1.28. The van der Waals surface area contributed by atoms with Crippen molar-refractivity contribution in [3.63, 3.8) is 0 Å². The van der Waals surface area contributed by atoms with Crippen molar-refractivity contribution in [3.8, 4) is 0 Å². The molecule has 1 fully saturated rings. The van der Waals surface area contributed by atoms with Crippen LogP contribution in [0.5, 0.6) is 0 Å². The smallest absolute Gasteiger partial charge is 0.390 e. The summed E-state index contributed by atoms with van der Waals surface area (Å²) in [4.78, 5) is 23.9. The first-order valence-electron chi connectivity index (χ1n) is 6.95. The lowest BCUT2D eigenvalue weighted by Gasteiger charge is -2.38. The zero-order chi connectivity index (χ0) is 16.1. The molecular weight excluding hydrogens is 289 g/mol. The Bertz CT molecular complexity index is 379. The first kappa shape index (κ1) is 17.6. The minimum absolute atomic E-state index is 0.203. The molecule has 2 amide bonds. The van der Waals surface area contributed by atoms with Gasteiger partial charge in [-0.2, -0.15) is 13.2 Å². The van der Waals surface area contributed by atoms with Gasteiger partial charge in [-0.1, -0.05) is 19.3 Å². The van der Waals surface area contributed by atoms with Gasteiger partial charge >= 0.3 is 18.2 Å². The molecule has 0 aromatic carbocycles. The van der Waals surface area contributed by atoms with Crippen molar-refractivity contribution in [2.75, 3.05) is 13.6 Å². The maximum atomic E-state index is 12.1. The van der Waals surface area contributed by atoms with Crippen molar-refractivity contribution < 1.29 is 27.9 Å². The van der Waals surface area contributed by atoms with E-state index in [1.165, 1.54) is 7.05 Å². The summed E-state index contributed by atoms with van der Waals surface area (Å²) in [5.74, 6) is -1.02. The van der Waals surface area contributed by atoms with Gasteiger partial charge < -0.3 is 15.3 Å². The molecule has 0 saturated heterocycles. The highest BCUT2D eigenvalue weighted by Gasteiger charge is 2.37. The number of carbonyl (C=O) groups excluding carboxylic acids is 1. The van der Waals surface area contributed by atoms with Crippen molar-refractivity contribution in [2.24, 2.45) is 0 Å². The Balaban J connectivity index is 2.61. The summed E-state index contributed by atoms with van der Waals surface area (Å²) in [6.07, 6.45) is -1.94. The summed E-state index contributed by atoms with van der Waals surface area (Å²) >= 11 is 0. The quantitative estimate of drug-likeness (QED) is 0.820. The second kappa shape index (κ2) is 7.00. The van der Waals surface area contributed by atoms with Crippen LogP contribution in [0.25, 0.3) is 0 Å². The third kappa shape index (κ3) is 6.22. The van der Waals surface area contributed by atoms with E-state index < -0.39 is 36.7 Å². The number of nitrogens with zero attached hydrogens (tertiary/aromatic N) is 1. The lowest BCUT2D eigenvalue weighted by Crippen LogP contribution is -2.54. The fraction of sp³-hybridized carbons (Fsp3) is 0.846. The van der Waals surface area contributed by atoms with E-state index in [9.17, 15) is 22.8 Å². The van der Waals surface area contributed by atoms with Crippen LogP contribution in [-0.4, -0.2) is 47.3 Å². The van der Waals surface area contributed by atoms with Crippen molar-refractivity contribution >= 4 is 12.0 Å². The van der Waals surface area contributed by atoms with Gasteiger partial charge in [0, 0.05) is 13.6 Å². The van der Waals surface area contributed by atoms with E-state index in [1.54, 1.807) is 0 Å². The highest BCUT2D eigenvalue weighted by molar-refractivity contribution is 5.76. The van der Waals surface area contributed by atoms with Crippen LogP contribution in [0.2, 0.25) is 0 Å². The molecule has 0 heterocycles. The minimum atomic E-state index is -4.32. The van der Waals surface area contributed by atoms with E-state index in [2.05, 4.69) is 5.32 Å². The Morgan fingerprint density at radius 3 is 2.29 bits per heavy atom. The molecular formula is C13H21F3N2O3. The van der Waals surface area contributed by atoms with E-state index in [1.807, 2.05) is 0 Å². The van der Waals surface area contributed by atoms with Gasteiger partial charge in [-0.25, -0.2) is 4.79 Å². The average molecular weight is 310 g/mol. The second-order valence-corrected chi connectivity index (χ2v) is 5.63. The van der Waals surface area contributed by atoms with Crippen LogP contribution in [0.4, 0.5) is 18.0 Å². The van der Waals surface area contributed by atoms with Gasteiger partial charge in [0.05, 0.1) is 18.4 Å². The fourth-order valence-electron chi connectivity index (χ4n) is 2.58. The first-order valence-corrected chi connectivity index (χ1v) is 6.95. The Kier molecular flexibility index (Phi) is 5.86. The highest BCUT2D eigenvalue weighted by Crippen LogP contribution is 2.31. The van der Waals surface area contributed by atoms with E-state index >= 15 is 0 Å². The van der Waals surface area contributed by atoms with E-state index in [0.29, 0.717) is 12.8 Å². The highest BCUT2D eigenvalue weighted by atomic mass is 19.4. The number of rotatable bonds is 5. The number of hydrogen-bond donors (Lipinski definition) is 2. The first-order chi connectivity index (χ1) is 9.64. The molecule has 122 valence electrons. The third-order valence-electron chi connectivity index (χ3n) is 3.75. The Morgan fingerprint density at radius 2 is 1.81 bits per heavy atom. The normalized spacial score (nSPS) is 18.1. The van der Waals surface area contributed by atoms with Crippen LogP contribution in [0.15, 0.2) is 0 Å². The summed E-state index contributed by atoms with van der Waals surface area (Å²) < 4.78 is 36.4. The number of alkyl halides is 3. The molecule has 0 aromatic heterocycles. The number of nitrogens with one attached hydrogen (secondary N) is 1. The number of aliphatic carboxylic acids is 1. The molecule has 8 heteroatoms. The maximum Gasteiger partial charge on any atom is 0.390 e. The lowest BCUT2D eigenvalue weighted by molar-refractivity contribution is -0.139. The van der Waals surface area contributed by atoms with Gasteiger partial charge in [0.2, 0.25) is 0 Å². The summed E-state index contributed by atoms with van der Waals surface area (Å²) in [6.45, 7) is -0.446. The molecule has 5 nitrogen and oxygen atoms in total. The van der Waals surface area contributed by atoms with Gasteiger partial charge in [-0.15, -0.1) is 0 Å². The Labute approximate surface area is 121 Å². The lowest BCUT2D eigenvalue weighted by atomic mass is 9.79. The third-order valence-corrected chi connectivity index (χ3v) is 3.75. The molecule has 1 aliphatic carbocycles. The summed E-state index contributed by atoms with van der Waals surface area (Å²) in [6, 6.07) is -0.651. The molecule has 0 bridgehead atoms. The molecule has 0 radical (unpaired) electrons.